The number of pyridine rings is 1. The van der Waals surface area contributed by atoms with Crippen molar-refractivity contribution in [1.29, 1.82) is 0 Å². The van der Waals surface area contributed by atoms with Crippen LogP contribution < -0.4 is 11.1 Å². The van der Waals surface area contributed by atoms with Crippen LogP contribution in [0.4, 0.5) is 5.69 Å². The minimum atomic E-state index is -0.294. The molecule has 0 radical (unpaired) electrons. The molecule has 1 rings (SSSR count). The molecule has 3 N–H and O–H groups in total. The fourth-order valence-electron chi connectivity index (χ4n) is 0.761. The van der Waals surface area contributed by atoms with Crippen LogP contribution in [0.5, 0.6) is 0 Å². The van der Waals surface area contributed by atoms with Gasteiger partial charge in [0.05, 0.1) is 18.4 Å². The van der Waals surface area contributed by atoms with E-state index in [9.17, 15) is 4.79 Å². The molecule has 0 spiro atoms. The monoisotopic (exact) mass is 175 g/mol. The number of carbonyl (C=O) groups excluding carboxylic acids is 1. The lowest BCUT2D eigenvalue weighted by molar-refractivity contribution is 0.0954. The van der Waals surface area contributed by atoms with Crippen LogP contribution in [0.15, 0.2) is 18.3 Å². The average Bonchev–Trinajstić information content (AvgIpc) is 2.15. The molecule has 1 amide bonds. The number of hydrogen-bond acceptors (Lipinski definition) is 3. The molecule has 4 nitrogen and oxygen atoms in total. The predicted molar refractivity (Wildman–Crippen MR) is 49.8 cm³/mol. The Morgan fingerprint density at radius 2 is 2.46 bits per heavy atom. The summed E-state index contributed by atoms with van der Waals surface area (Å²) in [5.41, 5.74) is 6.23. The van der Waals surface area contributed by atoms with Crippen LogP contribution >= 0.6 is 0 Å². The standard InChI is InChI=1S/C9H9N3O/c1-2-5-11-9(13)8-4-3-7(10)6-12-8/h1,3-4,6H,5,10H2,(H,11,13). The maximum absolute atomic E-state index is 11.2. The van der Waals surface area contributed by atoms with E-state index in [1.54, 1.807) is 12.1 Å². The summed E-state index contributed by atoms with van der Waals surface area (Å²) >= 11 is 0. The van der Waals surface area contributed by atoms with E-state index in [0.29, 0.717) is 11.4 Å². The molecule has 0 saturated heterocycles. The van der Waals surface area contributed by atoms with Crippen molar-refractivity contribution in [1.82, 2.24) is 10.3 Å². The minimum absolute atomic E-state index is 0.199. The third kappa shape index (κ3) is 2.49. The van der Waals surface area contributed by atoms with Gasteiger partial charge in [-0.15, -0.1) is 6.42 Å². The molecule has 13 heavy (non-hydrogen) atoms. The van der Waals surface area contributed by atoms with Crippen LogP contribution in [0.1, 0.15) is 10.5 Å². The highest BCUT2D eigenvalue weighted by atomic mass is 16.1. The molecule has 0 unspecified atom stereocenters. The first-order valence-electron chi connectivity index (χ1n) is 3.67. The van der Waals surface area contributed by atoms with Crippen LogP contribution in [0.3, 0.4) is 0 Å². The van der Waals surface area contributed by atoms with Gasteiger partial charge >= 0.3 is 0 Å². The fourth-order valence-corrected chi connectivity index (χ4v) is 0.761. The second-order valence-electron chi connectivity index (χ2n) is 2.36. The van der Waals surface area contributed by atoms with Gasteiger partial charge < -0.3 is 11.1 Å². The number of aromatic nitrogens is 1. The molecule has 0 aliphatic rings. The molecule has 1 aromatic rings. The third-order valence-corrected chi connectivity index (χ3v) is 1.37. The molecule has 0 bridgehead atoms. The second kappa shape index (κ2) is 4.12. The number of terminal acetylenes is 1. The maximum atomic E-state index is 11.2. The number of nitrogens with two attached hydrogens (primary N) is 1. The van der Waals surface area contributed by atoms with E-state index in [1.165, 1.54) is 6.20 Å². The predicted octanol–water partition coefficient (Wildman–Crippen LogP) is 0.0268. The summed E-state index contributed by atoms with van der Waals surface area (Å²) in [6, 6.07) is 3.15. The van der Waals surface area contributed by atoms with Gasteiger partial charge in [0.15, 0.2) is 0 Å². The molecular weight excluding hydrogens is 166 g/mol. The largest absolute Gasteiger partial charge is 0.397 e. The van der Waals surface area contributed by atoms with Crippen LogP contribution in [0, 0.1) is 12.3 Å². The van der Waals surface area contributed by atoms with E-state index in [4.69, 9.17) is 12.2 Å². The van der Waals surface area contributed by atoms with Crippen LogP contribution in [0.25, 0.3) is 0 Å². The number of rotatable bonds is 2. The van der Waals surface area contributed by atoms with Crippen LogP contribution in [-0.2, 0) is 0 Å². The van der Waals surface area contributed by atoms with E-state index in [-0.39, 0.29) is 12.5 Å². The minimum Gasteiger partial charge on any atom is -0.397 e. The Morgan fingerprint density at radius 3 is 3.00 bits per heavy atom. The summed E-state index contributed by atoms with van der Waals surface area (Å²) in [4.78, 5) is 15.0. The zero-order chi connectivity index (χ0) is 9.68. The van der Waals surface area contributed by atoms with Crippen molar-refractivity contribution in [3.63, 3.8) is 0 Å². The van der Waals surface area contributed by atoms with Gasteiger partial charge in [0.25, 0.3) is 5.91 Å². The van der Waals surface area contributed by atoms with E-state index in [2.05, 4.69) is 16.2 Å². The smallest absolute Gasteiger partial charge is 0.270 e. The molecule has 66 valence electrons. The van der Waals surface area contributed by atoms with E-state index in [1.807, 2.05) is 0 Å². The number of anilines is 1. The number of carbonyl (C=O) groups is 1. The van der Waals surface area contributed by atoms with Gasteiger partial charge in [0.1, 0.15) is 5.69 Å². The molecule has 1 heterocycles. The summed E-state index contributed by atoms with van der Waals surface area (Å²) in [7, 11) is 0. The molecular formula is C9H9N3O. The lowest BCUT2D eigenvalue weighted by atomic mass is 10.3. The number of nitrogens with one attached hydrogen (secondary N) is 1. The molecule has 0 saturated carbocycles. The Bertz CT molecular complexity index is 337. The van der Waals surface area contributed by atoms with E-state index in [0.717, 1.165) is 0 Å². The number of hydrogen-bond donors (Lipinski definition) is 2. The highest BCUT2D eigenvalue weighted by molar-refractivity contribution is 5.92. The highest BCUT2D eigenvalue weighted by Gasteiger charge is 2.03. The number of nitrogen functional groups attached to an aromatic ring is 1. The Balaban J connectivity index is 2.68. The van der Waals surface area contributed by atoms with E-state index < -0.39 is 0 Å². The number of amides is 1. The Labute approximate surface area is 76.2 Å². The van der Waals surface area contributed by atoms with Crippen LogP contribution in [0.2, 0.25) is 0 Å². The van der Waals surface area contributed by atoms with Gasteiger partial charge in [-0.05, 0) is 12.1 Å². The van der Waals surface area contributed by atoms with Crippen molar-refractivity contribution in [3.8, 4) is 12.3 Å². The third-order valence-electron chi connectivity index (χ3n) is 1.37. The average molecular weight is 175 g/mol. The summed E-state index contributed by atoms with van der Waals surface area (Å²) in [6.45, 7) is 0.199. The van der Waals surface area contributed by atoms with Crippen molar-refractivity contribution in [2.75, 3.05) is 12.3 Å². The summed E-state index contributed by atoms with van der Waals surface area (Å²) in [5, 5.41) is 2.49. The quantitative estimate of drug-likeness (QED) is 0.623. The van der Waals surface area contributed by atoms with Crippen molar-refractivity contribution >= 4 is 11.6 Å². The summed E-state index contributed by atoms with van der Waals surface area (Å²) in [5.74, 6) is 2.00. The second-order valence-corrected chi connectivity index (χ2v) is 2.36. The summed E-state index contributed by atoms with van der Waals surface area (Å²) in [6.07, 6.45) is 6.40. The molecule has 0 aliphatic carbocycles. The topological polar surface area (TPSA) is 68.0 Å². The first kappa shape index (κ1) is 9.07. The zero-order valence-electron chi connectivity index (χ0n) is 6.95. The molecule has 0 atom stereocenters. The lowest BCUT2D eigenvalue weighted by Gasteiger charge is -1.99. The van der Waals surface area contributed by atoms with Crippen LogP contribution in [-0.4, -0.2) is 17.4 Å². The van der Waals surface area contributed by atoms with Gasteiger partial charge in [-0.3, -0.25) is 4.79 Å². The fraction of sp³-hybridized carbons (Fsp3) is 0.111. The van der Waals surface area contributed by atoms with Crippen molar-refractivity contribution in [3.05, 3.63) is 24.0 Å². The molecule has 0 aromatic carbocycles. The maximum Gasteiger partial charge on any atom is 0.270 e. The van der Waals surface area contributed by atoms with Gasteiger partial charge in [-0.25, -0.2) is 4.98 Å². The summed E-state index contributed by atoms with van der Waals surface area (Å²) < 4.78 is 0. The Morgan fingerprint density at radius 1 is 1.69 bits per heavy atom. The molecule has 0 aliphatic heterocycles. The molecule has 0 fully saturated rings. The molecule has 4 heteroatoms. The van der Waals surface area contributed by atoms with Gasteiger partial charge in [0.2, 0.25) is 0 Å². The lowest BCUT2D eigenvalue weighted by Crippen LogP contribution is -2.24. The van der Waals surface area contributed by atoms with Crippen molar-refractivity contribution in [2.45, 2.75) is 0 Å². The number of nitrogens with zero attached hydrogens (tertiary/aromatic N) is 1. The normalized spacial score (nSPS) is 8.85. The zero-order valence-corrected chi connectivity index (χ0v) is 6.95. The van der Waals surface area contributed by atoms with Gasteiger partial charge in [0, 0.05) is 0 Å². The Hall–Kier alpha value is -2.02. The molecule has 1 aromatic heterocycles. The SMILES string of the molecule is C#CCNC(=O)c1ccc(N)cn1. The first-order chi connectivity index (χ1) is 6.24. The Kier molecular flexibility index (Phi) is 2.87. The van der Waals surface area contributed by atoms with Crippen molar-refractivity contribution in [2.24, 2.45) is 0 Å². The van der Waals surface area contributed by atoms with Gasteiger partial charge in [-0.1, -0.05) is 5.92 Å². The van der Waals surface area contributed by atoms with Crippen molar-refractivity contribution < 1.29 is 4.79 Å². The first-order valence-corrected chi connectivity index (χ1v) is 3.67. The van der Waals surface area contributed by atoms with Gasteiger partial charge in [-0.2, -0.15) is 0 Å². The van der Waals surface area contributed by atoms with E-state index >= 15 is 0 Å². The highest BCUT2D eigenvalue weighted by Crippen LogP contribution is 2.00.